The van der Waals surface area contributed by atoms with E-state index in [0.717, 1.165) is 10.2 Å². The van der Waals surface area contributed by atoms with Gasteiger partial charge in [-0.25, -0.2) is 0 Å². The molecule has 1 aromatic carbocycles. The molecule has 0 radical (unpaired) electrons. The Kier molecular flexibility index (Phi) is 3.46. The van der Waals surface area contributed by atoms with Crippen LogP contribution in [-0.4, -0.2) is 19.0 Å². The fourth-order valence-electron chi connectivity index (χ4n) is 1.97. The van der Waals surface area contributed by atoms with Crippen molar-refractivity contribution in [3.63, 3.8) is 0 Å². The molecule has 1 atom stereocenters. The fraction of sp³-hybridized carbons (Fsp3) is 0.333. The minimum absolute atomic E-state index is 0.0888. The maximum atomic E-state index is 11.8. The highest BCUT2D eigenvalue weighted by molar-refractivity contribution is 9.10. The average Bonchev–Trinajstić information content (AvgIpc) is 2.70. The Balaban J connectivity index is 2.29. The molecule has 1 aliphatic heterocycles. The van der Waals surface area contributed by atoms with Crippen molar-refractivity contribution in [2.75, 3.05) is 18.0 Å². The minimum atomic E-state index is 0.0888. The molecule has 1 unspecified atom stereocenters. The van der Waals surface area contributed by atoms with Gasteiger partial charge in [0.15, 0.2) is 0 Å². The molecule has 1 amide bonds. The summed E-state index contributed by atoms with van der Waals surface area (Å²) in [5.74, 6) is 0.316. The first kappa shape index (κ1) is 12.1. The number of carbonyl (C=O) groups excluding carboxylic acids is 1. The van der Waals surface area contributed by atoms with E-state index in [-0.39, 0.29) is 11.8 Å². The molecule has 0 aliphatic carbocycles. The summed E-state index contributed by atoms with van der Waals surface area (Å²) >= 11 is 3.39. The summed E-state index contributed by atoms with van der Waals surface area (Å²) in [5.41, 5.74) is 6.97. The van der Waals surface area contributed by atoms with Gasteiger partial charge < -0.3 is 10.6 Å². The van der Waals surface area contributed by atoms with Gasteiger partial charge in [-0.2, -0.15) is 5.26 Å². The monoisotopic (exact) mass is 293 g/mol. The molecule has 5 heteroatoms. The van der Waals surface area contributed by atoms with Gasteiger partial charge in [0.1, 0.15) is 0 Å². The Morgan fingerprint density at radius 2 is 2.35 bits per heavy atom. The topological polar surface area (TPSA) is 70.1 Å². The zero-order valence-electron chi connectivity index (χ0n) is 9.19. The van der Waals surface area contributed by atoms with Crippen LogP contribution < -0.4 is 10.6 Å². The Labute approximate surface area is 108 Å². The summed E-state index contributed by atoms with van der Waals surface area (Å²) < 4.78 is 0.766. The fourth-order valence-corrected chi connectivity index (χ4v) is 2.56. The van der Waals surface area contributed by atoms with Gasteiger partial charge in [-0.05, 0) is 46.6 Å². The van der Waals surface area contributed by atoms with Crippen LogP contribution in [0.15, 0.2) is 22.7 Å². The highest BCUT2D eigenvalue weighted by atomic mass is 79.9. The third kappa shape index (κ3) is 2.33. The van der Waals surface area contributed by atoms with Crippen molar-refractivity contribution in [1.82, 2.24) is 0 Å². The molecule has 1 heterocycles. The number of nitrogens with zero attached hydrogens (tertiary/aromatic N) is 2. The van der Waals surface area contributed by atoms with E-state index in [2.05, 4.69) is 22.0 Å². The first-order valence-electron chi connectivity index (χ1n) is 5.35. The molecule has 17 heavy (non-hydrogen) atoms. The summed E-state index contributed by atoms with van der Waals surface area (Å²) in [6.45, 7) is 1.18. The molecule has 0 bridgehead atoms. The third-order valence-electron chi connectivity index (χ3n) is 2.91. The first-order chi connectivity index (χ1) is 8.15. The number of rotatable bonds is 2. The van der Waals surface area contributed by atoms with Crippen molar-refractivity contribution in [3.8, 4) is 6.07 Å². The van der Waals surface area contributed by atoms with E-state index in [1.54, 1.807) is 23.1 Å². The van der Waals surface area contributed by atoms with Crippen LogP contribution in [0.5, 0.6) is 0 Å². The molecular formula is C12H12BrN3O. The van der Waals surface area contributed by atoms with Crippen LogP contribution in [0.25, 0.3) is 0 Å². The Morgan fingerprint density at radius 3 is 2.88 bits per heavy atom. The number of nitriles is 1. The molecule has 88 valence electrons. The molecule has 1 saturated heterocycles. The van der Waals surface area contributed by atoms with Crippen molar-refractivity contribution in [1.29, 1.82) is 5.26 Å². The highest BCUT2D eigenvalue weighted by Gasteiger charge is 2.30. The van der Waals surface area contributed by atoms with E-state index in [0.29, 0.717) is 25.1 Å². The maximum absolute atomic E-state index is 11.8. The van der Waals surface area contributed by atoms with Crippen LogP contribution in [0.1, 0.15) is 12.0 Å². The first-order valence-corrected chi connectivity index (χ1v) is 6.15. The van der Waals surface area contributed by atoms with Gasteiger partial charge in [0.25, 0.3) is 0 Å². The summed E-state index contributed by atoms with van der Waals surface area (Å²) in [6, 6.07) is 7.29. The van der Waals surface area contributed by atoms with Gasteiger partial charge in [-0.15, -0.1) is 0 Å². The minimum Gasteiger partial charge on any atom is -0.330 e. The SMILES string of the molecule is N#Cc1ccc(N2CC(CN)CC2=O)c(Br)c1. The van der Waals surface area contributed by atoms with E-state index in [4.69, 9.17) is 11.0 Å². The molecule has 1 aromatic rings. The molecule has 2 N–H and O–H groups in total. The summed E-state index contributed by atoms with van der Waals surface area (Å²) in [6.07, 6.45) is 0.503. The van der Waals surface area contributed by atoms with Crippen LogP contribution in [0.2, 0.25) is 0 Å². The van der Waals surface area contributed by atoms with Crippen molar-refractivity contribution in [2.45, 2.75) is 6.42 Å². The summed E-state index contributed by atoms with van der Waals surface area (Å²) in [4.78, 5) is 13.6. The van der Waals surface area contributed by atoms with Gasteiger partial charge in [-0.3, -0.25) is 4.79 Å². The second kappa shape index (κ2) is 4.86. The Bertz CT molecular complexity index is 495. The zero-order valence-corrected chi connectivity index (χ0v) is 10.8. The number of benzene rings is 1. The van der Waals surface area contributed by atoms with Crippen LogP contribution in [0.4, 0.5) is 5.69 Å². The smallest absolute Gasteiger partial charge is 0.227 e. The maximum Gasteiger partial charge on any atom is 0.227 e. The van der Waals surface area contributed by atoms with Crippen molar-refractivity contribution in [3.05, 3.63) is 28.2 Å². The molecule has 1 aliphatic rings. The van der Waals surface area contributed by atoms with E-state index >= 15 is 0 Å². The van der Waals surface area contributed by atoms with Crippen molar-refractivity contribution in [2.24, 2.45) is 11.7 Å². The lowest BCUT2D eigenvalue weighted by Crippen LogP contribution is -2.26. The number of halogens is 1. The quantitative estimate of drug-likeness (QED) is 0.901. The third-order valence-corrected chi connectivity index (χ3v) is 3.54. The van der Waals surface area contributed by atoms with Gasteiger partial charge in [0.05, 0.1) is 17.3 Å². The average molecular weight is 294 g/mol. The zero-order chi connectivity index (χ0) is 12.4. The van der Waals surface area contributed by atoms with Crippen molar-refractivity contribution < 1.29 is 4.79 Å². The summed E-state index contributed by atoms with van der Waals surface area (Å²) in [5, 5.41) is 8.78. The lowest BCUT2D eigenvalue weighted by atomic mass is 10.1. The van der Waals surface area contributed by atoms with Crippen LogP contribution in [0.3, 0.4) is 0 Å². The number of carbonyl (C=O) groups is 1. The van der Waals surface area contributed by atoms with Crippen LogP contribution >= 0.6 is 15.9 Å². The molecule has 0 aromatic heterocycles. The molecule has 1 fully saturated rings. The Morgan fingerprint density at radius 1 is 1.59 bits per heavy atom. The number of hydrogen-bond donors (Lipinski definition) is 1. The van der Waals surface area contributed by atoms with Crippen molar-refractivity contribution >= 4 is 27.5 Å². The lowest BCUT2D eigenvalue weighted by molar-refractivity contribution is -0.117. The second-order valence-corrected chi connectivity index (χ2v) is 4.94. The number of amides is 1. The summed E-state index contributed by atoms with van der Waals surface area (Å²) in [7, 11) is 0. The molecule has 4 nitrogen and oxygen atoms in total. The molecule has 0 spiro atoms. The lowest BCUT2D eigenvalue weighted by Gasteiger charge is -2.18. The predicted octanol–water partition coefficient (Wildman–Crippen LogP) is 1.63. The molecule has 2 rings (SSSR count). The number of anilines is 1. The van der Waals surface area contributed by atoms with Gasteiger partial charge in [0.2, 0.25) is 5.91 Å². The largest absolute Gasteiger partial charge is 0.330 e. The highest BCUT2D eigenvalue weighted by Crippen LogP contribution is 2.31. The van der Waals surface area contributed by atoms with Gasteiger partial charge >= 0.3 is 0 Å². The van der Waals surface area contributed by atoms with E-state index in [9.17, 15) is 4.79 Å². The van der Waals surface area contributed by atoms with E-state index in [1.807, 2.05) is 0 Å². The van der Waals surface area contributed by atoms with Gasteiger partial charge in [-0.1, -0.05) is 0 Å². The standard InChI is InChI=1S/C12H12BrN3O/c13-10-3-8(5-14)1-2-11(10)16-7-9(6-15)4-12(16)17/h1-3,9H,4,6-7,15H2. The van der Waals surface area contributed by atoms with E-state index in [1.165, 1.54) is 0 Å². The molecule has 0 saturated carbocycles. The normalized spacial score (nSPS) is 19.5. The van der Waals surface area contributed by atoms with Gasteiger partial charge in [0, 0.05) is 17.4 Å². The number of hydrogen-bond acceptors (Lipinski definition) is 3. The number of nitrogens with two attached hydrogens (primary N) is 1. The molecular weight excluding hydrogens is 282 g/mol. The van der Waals surface area contributed by atoms with Crippen LogP contribution in [-0.2, 0) is 4.79 Å². The van der Waals surface area contributed by atoms with Crippen LogP contribution in [0, 0.1) is 17.2 Å². The predicted molar refractivity (Wildman–Crippen MR) is 68.4 cm³/mol. The Hall–Kier alpha value is -1.38. The second-order valence-electron chi connectivity index (χ2n) is 4.09. The van der Waals surface area contributed by atoms with E-state index < -0.39 is 0 Å².